The highest BCUT2D eigenvalue weighted by Crippen LogP contribution is 2.70. The molecule has 3 saturated carbocycles. The second kappa shape index (κ2) is 11.8. The van der Waals surface area contributed by atoms with Gasteiger partial charge in [0.25, 0.3) is 0 Å². The van der Waals surface area contributed by atoms with Gasteiger partial charge in [0, 0.05) is 11.8 Å². The Balaban J connectivity index is 1.45. The molecule has 10 radical (unpaired) electrons. The molecule has 4 aliphatic carbocycles. The third kappa shape index (κ3) is 5.67. The van der Waals surface area contributed by atoms with Crippen molar-refractivity contribution in [2.24, 2.45) is 40.9 Å². The van der Waals surface area contributed by atoms with E-state index in [4.69, 9.17) is 44.0 Å². The van der Waals surface area contributed by atoms with Crippen LogP contribution in [0.25, 0.3) is 0 Å². The summed E-state index contributed by atoms with van der Waals surface area (Å²) >= 11 is 0. The van der Waals surface area contributed by atoms with Crippen molar-refractivity contribution >= 4 is 51.0 Å². The first kappa shape index (κ1) is 31.1. The fraction of sp³-hybridized carbons (Fsp3) is 0.871. The third-order valence-corrected chi connectivity index (χ3v) is 11.3. The van der Waals surface area contributed by atoms with E-state index in [0.717, 1.165) is 32.1 Å². The van der Waals surface area contributed by atoms with Crippen molar-refractivity contribution in [2.45, 2.75) is 128 Å². The SMILES string of the molecule is [B]C1=C2[C@H](CC([B])([B])C1=O)C1C(C3CC[C@H](OC(=O)CCCCCCCCCC)[C@@]3(C)C[C@@H]1C)[C@H](C)C2([B])[B]. The molecule has 0 bridgehead atoms. The first-order valence-corrected chi connectivity index (χ1v) is 15.7. The number of unbranched alkanes of at least 4 members (excludes halogenated alkanes) is 7. The minimum atomic E-state index is -1.51. The van der Waals surface area contributed by atoms with Crippen molar-refractivity contribution in [1.82, 2.24) is 0 Å². The van der Waals surface area contributed by atoms with Gasteiger partial charge in [0.05, 0.1) is 31.4 Å². The molecule has 3 unspecified atom stereocenters. The summed E-state index contributed by atoms with van der Waals surface area (Å²) in [5.74, 6) is 0.279. The molecular formula is C31H45B5O3. The Kier molecular flexibility index (Phi) is 9.45. The van der Waals surface area contributed by atoms with Gasteiger partial charge in [-0.2, -0.15) is 0 Å². The topological polar surface area (TPSA) is 43.4 Å². The van der Waals surface area contributed by atoms with Gasteiger partial charge < -0.3 is 4.74 Å². The predicted octanol–water partition coefficient (Wildman–Crippen LogP) is 5.69. The molecular weight excluding hydrogens is 474 g/mol. The van der Waals surface area contributed by atoms with Crippen LogP contribution >= 0.6 is 0 Å². The van der Waals surface area contributed by atoms with Crippen LogP contribution in [-0.2, 0) is 14.3 Å². The molecule has 0 heterocycles. The van der Waals surface area contributed by atoms with E-state index in [1.165, 1.54) is 38.5 Å². The number of hydrogen-bond donors (Lipinski definition) is 0. The van der Waals surface area contributed by atoms with Gasteiger partial charge in [-0.15, -0.1) is 0 Å². The highest BCUT2D eigenvalue weighted by Gasteiger charge is 2.64. The molecule has 0 N–H and O–H groups in total. The van der Waals surface area contributed by atoms with Gasteiger partial charge in [-0.3, -0.25) is 9.59 Å². The standard InChI is InChI=1S/C31H45B5O3/c1-5-6-7-8-9-10-11-12-13-23(37)39-22-15-14-21-25-19(3)31(35,36)26-20(17-30(33,34)28(38)27(26)32)24(25)18(2)16-29(21,22)4/h18-22,24-25H,5-17H2,1-4H3/t18-,19-,20+,21?,22-,24?,25?,29-/m0/s1. The quantitative estimate of drug-likeness (QED) is 0.212. The van der Waals surface area contributed by atoms with E-state index >= 15 is 0 Å². The van der Waals surface area contributed by atoms with E-state index in [2.05, 4.69) is 27.7 Å². The van der Waals surface area contributed by atoms with Gasteiger partial charge in [-0.25, -0.2) is 0 Å². The van der Waals surface area contributed by atoms with E-state index in [-0.39, 0.29) is 46.6 Å². The largest absolute Gasteiger partial charge is 0.462 e. The summed E-state index contributed by atoms with van der Waals surface area (Å²) in [7, 11) is 32.6. The molecule has 4 rings (SSSR count). The highest BCUT2D eigenvalue weighted by molar-refractivity contribution is 6.58. The van der Waals surface area contributed by atoms with E-state index in [9.17, 15) is 9.59 Å². The van der Waals surface area contributed by atoms with Crippen LogP contribution < -0.4 is 0 Å². The smallest absolute Gasteiger partial charge is 0.306 e. The number of allylic oxidation sites excluding steroid dienone is 1. The van der Waals surface area contributed by atoms with Crippen molar-refractivity contribution in [3.05, 3.63) is 11.0 Å². The average molecular weight is 520 g/mol. The maximum absolute atomic E-state index is 12.9. The summed E-state index contributed by atoms with van der Waals surface area (Å²) in [5.41, 5.74) is 0.570. The van der Waals surface area contributed by atoms with Gasteiger partial charge in [0.2, 0.25) is 0 Å². The number of Topliss-reactive ketones (excluding diaryl/α,β-unsaturated/α-hetero) is 1. The van der Waals surface area contributed by atoms with Crippen LogP contribution in [0.2, 0.25) is 10.4 Å². The molecule has 202 valence electrons. The Morgan fingerprint density at radius 3 is 2.18 bits per heavy atom. The van der Waals surface area contributed by atoms with Crippen LogP contribution in [0, 0.1) is 40.9 Å². The van der Waals surface area contributed by atoms with E-state index < -0.39 is 16.2 Å². The monoisotopic (exact) mass is 520 g/mol. The zero-order valence-electron chi connectivity index (χ0n) is 24.8. The van der Waals surface area contributed by atoms with Gasteiger partial charge in [-0.05, 0) is 72.8 Å². The van der Waals surface area contributed by atoms with Crippen LogP contribution in [0.5, 0.6) is 0 Å². The fourth-order valence-electron chi connectivity index (χ4n) is 9.36. The lowest BCUT2D eigenvalue weighted by molar-refractivity contribution is -0.163. The zero-order chi connectivity index (χ0) is 28.8. The molecule has 8 atom stereocenters. The van der Waals surface area contributed by atoms with Crippen LogP contribution in [-0.4, -0.2) is 57.1 Å². The van der Waals surface area contributed by atoms with Crippen LogP contribution in [0.1, 0.15) is 111 Å². The van der Waals surface area contributed by atoms with Gasteiger partial charge in [0.1, 0.15) is 19.7 Å². The Labute approximate surface area is 244 Å². The summed E-state index contributed by atoms with van der Waals surface area (Å²) in [6.45, 7) is 8.90. The van der Waals surface area contributed by atoms with E-state index in [1.807, 2.05) is 0 Å². The maximum atomic E-state index is 12.9. The number of esters is 1. The second-order valence-corrected chi connectivity index (χ2v) is 14.0. The number of rotatable bonds is 10. The number of carbonyl (C=O) groups is 2. The lowest BCUT2D eigenvalue weighted by atomic mass is 9.29. The molecule has 3 nitrogen and oxygen atoms in total. The van der Waals surface area contributed by atoms with Gasteiger partial charge in [-0.1, -0.05) is 88.9 Å². The van der Waals surface area contributed by atoms with Gasteiger partial charge in [0.15, 0.2) is 0 Å². The summed E-state index contributed by atoms with van der Waals surface area (Å²) in [6.07, 6.45) is 13.1. The van der Waals surface area contributed by atoms with E-state index in [0.29, 0.717) is 30.3 Å². The predicted molar refractivity (Wildman–Crippen MR) is 162 cm³/mol. The van der Waals surface area contributed by atoms with Crippen molar-refractivity contribution in [3.8, 4) is 0 Å². The maximum Gasteiger partial charge on any atom is 0.306 e. The number of fused-ring (bicyclic) bond motifs is 5. The van der Waals surface area contributed by atoms with Crippen molar-refractivity contribution in [2.75, 3.05) is 0 Å². The van der Waals surface area contributed by atoms with Crippen LogP contribution in [0.3, 0.4) is 0 Å². The Morgan fingerprint density at radius 1 is 0.923 bits per heavy atom. The van der Waals surface area contributed by atoms with E-state index in [1.54, 1.807) is 0 Å². The molecule has 0 aliphatic heterocycles. The highest BCUT2D eigenvalue weighted by atomic mass is 16.5. The van der Waals surface area contributed by atoms with Crippen molar-refractivity contribution in [3.63, 3.8) is 0 Å². The number of carbonyl (C=O) groups excluding carboxylic acids is 2. The third-order valence-electron chi connectivity index (χ3n) is 11.3. The van der Waals surface area contributed by atoms with Gasteiger partial charge >= 0.3 is 5.97 Å². The molecule has 0 aromatic heterocycles. The molecule has 3 fully saturated rings. The first-order valence-electron chi connectivity index (χ1n) is 15.7. The fourth-order valence-corrected chi connectivity index (χ4v) is 9.36. The Bertz CT molecular complexity index is 962. The molecule has 4 aliphatic rings. The number of hydrogen-bond acceptors (Lipinski definition) is 3. The molecule has 8 heteroatoms. The van der Waals surface area contributed by atoms with Crippen LogP contribution in [0.4, 0.5) is 0 Å². The number of ketones is 1. The normalized spacial score (nSPS) is 38.6. The summed E-state index contributed by atoms with van der Waals surface area (Å²) in [6, 6.07) is 0. The Hall–Kier alpha value is -0.795. The lowest BCUT2D eigenvalue weighted by Gasteiger charge is -2.64. The molecule has 0 spiro atoms. The minimum Gasteiger partial charge on any atom is -0.462 e. The Morgan fingerprint density at radius 2 is 1.54 bits per heavy atom. The molecule has 0 saturated heterocycles. The molecule has 0 amide bonds. The minimum absolute atomic E-state index is 0.0614. The molecule has 39 heavy (non-hydrogen) atoms. The van der Waals surface area contributed by atoms with Crippen molar-refractivity contribution < 1.29 is 14.3 Å². The van der Waals surface area contributed by atoms with Crippen LogP contribution in [0.15, 0.2) is 11.0 Å². The molecule has 0 aromatic carbocycles. The second-order valence-electron chi connectivity index (χ2n) is 14.0. The zero-order valence-corrected chi connectivity index (χ0v) is 24.8. The first-order chi connectivity index (χ1) is 18.3. The number of ether oxygens (including phenoxy) is 1. The molecule has 0 aromatic rings. The summed E-state index contributed by atoms with van der Waals surface area (Å²) in [5, 5.41) is -2.73. The lowest BCUT2D eigenvalue weighted by Crippen LogP contribution is -2.59. The summed E-state index contributed by atoms with van der Waals surface area (Å²) < 4.78 is 6.21. The van der Waals surface area contributed by atoms with Crippen molar-refractivity contribution in [1.29, 1.82) is 0 Å². The summed E-state index contributed by atoms with van der Waals surface area (Å²) in [4.78, 5) is 25.8. The average Bonchev–Trinajstić information content (AvgIpc) is 3.16.